The zero-order valence-electron chi connectivity index (χ0n) is 12.3. The maximum Gasteiger partial charge on any atom is 0.124 e. The molecule has 1 unspecified atom stereocenters. The van der Waals surface area contributed by atoms with Gasteiger partial charge in [-0.2, -0.15) is 0 Å². The number of hydrogen-bond donors (Lipinski definition) is 1. The van der Waals surface area contributed by atoms with E-state index in [1.165, 1.54) is 0 Å². The van der Waals surface area contributed by atoms with E-state index in [1.54, 1.807) is 11.8 Å². The summed E-state index contributed by atoms with van der Waals surface area (Å²) < 4.78 is 5.83. The first kappa shape index (κ1) is 16.2. The highest BCUT2D eigenvalue weighted by atomic mass is 35.5. The van der Waals surface area contributed by atoms with E-state index in [0.29, 0.717) is 0 Å². The van der Waals surface area contributed by atoms with Crippen molar-refractivity contribution < 1.29 is 4.74 Å². The molecule has 1 atom stereocenters. The molecule has 2 aromatic rings. The van der Waals surface area contributed by atoms with Gasteiger partial charge in [-0.1, -0.05) is 29.8 Å². The Hall–Kier alpha value is -1.16. The molecule has 4 heteroatoms. The van der Waals surface area contributed by atoms with E-state index < -0.39 is 0 Å². The third kappa shape index (κ3) is 4.95. The number of rotatable bonds is 6. The number of hydrogen-bond acceptors (Lipinski definition) is 3. The molecule has 0 radical (unpaired) electrons. The summed E-state index contributed by atoms with van der Waals surface area (Å²) in [4.78, 5) is 1.16. The smallest absolute Gasteiger partial charge is 0.124 e. The molecule has 0 aromatic heterocycles. The average molecular weight is 322 g/mol. The second kappa shape index (κ2) is 7.74. The highest BCUT2D eigenvalue weighted by Crippen LogP contribution is 2.29. The molecule has 2 aromatic carbocycles. The van der Waals surface area contributed by atoms with E-state index in [-0.39, 0.29) is 12.1 Å². The Morgan fingerprint density at radius 3 is 2.43 bits per heavy atom. The third-order valence-corrected chi connectivity index (χ3v) is 4.31. The summed E-state index contributed by atoms with van der Waals surface area (Å²) in [6.07, 6.45) is 0.141. The highest BCUT2D eigenvalue weighted by molar-refractivity contribution is 7.99. The largest absolute Gasteiger partial charge is 0.491 e. The molecule has 21 heavy (non-hydrogen) atoms. The fraction of sp³-hybridized carbons (Fsp3) is 0.294. The van der Waals surface area contributed by atoms with Crippen LogP contribution in [0, 0.1) is 0 Å². The van der Waals surface area contributed by atoms with Gasteiger partial charge < -0.3 is 10.5 Å². The monoisotopic (exact) mass is 321 g/mol. The topological polar surface area (TPSA) is 35.2 Å². The number of nitrogens with two attached hydrogens (primary N) is 1. The molecule has 2 N–H and O–H groups in total. The molecule has 0 bridgehead atoms. The predicted molar refractivity (Wildman–Crippen MR) is 91.3 cm³/mol. The fourth-order valence-corrected chi connectivity index (χ4v) is 2.96. The van der Waals surface area contributed by atoms with Crippen LogP contribution in [0.25, 0.3) is 0 Å². The summed E-state index contributed by atoms with van der Waals surface area (Å²) in [5, 5.41) is 0.749. The summed E-state index contributed by atoms with van der Waals surface area (Å²) >= 11 is 7.61. The summed E-state index contributed by atoms with van der Waals surface area (Å²) in [7, 11) is 0. The predicted octanol–water partition coefficient (Wildman–Crippen LogP) is 4.92. The van der Waals surface area contributed by atoms with Gasteiger partial charge in [-0.15, -0.1) is 11.8 Å². The Morgan fingerprint density at radius 2 is 1.76 bits per heavy atom. The Morgan fingerprint density at radius 1 is 1.10 bits per heavy atom. The van der Waals surface area contributed by atoms with Crippen LogP contribution in [0.3, 0.4) is 0 Å². The number of halogens is 1. The molecule has 2 nitrogen and oxygen atoms in total. The number of ether oxygens (including phenoxy) is 1. The van der Waals surface area contributed by atoms with Gasteiger partial charge in [-0.3, -0.25) is 0 Å². The Labute approximate surface area is 135 Å². The molecular weight excluding hydrogens is 302 g/mol. The highest BCUT2D eigenvalue weighted by Gasteiger charge is 2.13. The lowest BCUT2D eigenvalue weighted by Gasteiger charge is -2.18. The molecule has 112 valence electrons. The zero-order chi connectivity index (χ0) is 15.2. The zero-order valence-corrected chi connectivity index (χ0v) is 13.8. The summed E-state index contributed by atoms with van der Waals surface area (Å²) in [5.41, 5.74) is 7.37. The van der Waals surface area contributed by atoms with Gasteiger partial charge in [0, 0.05) is 27.3 Å². The van der Waals surface area contributed by atoms with Crippen molar-refractivity contribution in [2.24, 2.45) is 5.73 Å². The fourth-order valence-electron chi connectivity index (χ4n) is 1.95. The maximum atomic E-state index is 6.32. The van der Waals surface area contributed by atoms with Gasteiger partial charge in [0.2, 0.25) is 0 Å². The number of para-hydroxylation sites is 1. The lowest BCUT2D eigenvalue weighted by Crippen LogP contribution is -2.16. The molecule has 0 amide bonds. The van der Waals surface area contributed by atoms with Crippen LogP contribution in [-0.4, -0.2) is 11.9 Å². The van der Waals surface area contributed by atoms with Crippen molar-refractivity contribution in [3.8, 4) is 5.75 Å². The van der Waals surface area contributed by atoms with E-state index >= 15 is 0 Å². The molecule has 0 heterocycles. The molecule has 2 rings (SSSR count). The molecular formula is C17H20ClNOS. The van der Waals surface area contributed by atoms with Crippen molar-refractivity contribution in [2.75, 3.05) is 5.75 Å². The van der Waals surface area contributed by atoms with E-state index in [0.717, 1.165) is 27.0 Å². The summed E-state index contributed by atoms with van der Waals surface area (Å²) in [5.74, 6) is 1.66. The normalized spacial score (nSPS) is 12.4. The lowest BCUT2D eigenvalue weighted by molar-refractivity contribution is 0.239. The van der Waals surface area contributed by atoms with Crippen LogP contribution in [-0.2, 0) is 0 Å². The Kier molecular flexibility index (Phi) is 5.97. The SMILES string of the molecule is CC(C)Oc1ccccc1C(N)CSc1ccc(Cl)cc1. The third-order valence-electron chi connectivity index (χ3n) is 2.92. The van der Waals surface area contributed by atoms with Gasteiger partial charge in [0.05, 0.1) is 6.10 Å². The first-order valence-corrected chi connectivity index (χ1v) is 8.32. The standard InChI is InChI=1S/C17H20ClNOS/c1-12(2)20-17-6-4-3-5-15(17)16(19)11-21-14-9-7-13(18)8-10-14/h3-10,12,16H,11,19H2,1-2H3. The van der Waals surface area contributed by atoms with E-state index in [4.69, 9.17) is 22.1 Å². The van der Waals surface area contributed by atoms with Crippen molar-refractivity contribution in [1.29, 1.82) is 0 Å². The number of thioether (sulfide) groups is 1. The van der Waals surface area contributed by atoms with Crippen LogP contribution in [0.2, 0.25) is 5.02 Å². The van der Waals surface area contributed by atoms with Gasteiger partial charge >= 0.3 is 0 Å². The van der Waals surface area contributed by atoms with Crippen LogP contribution in [0.15, 0.2) is 53.4 Å². The number of benzene rings is 2. The second-order valence-corrected chi connectivity index (χ2v) is 6.61. The first-order valence-electron chi connectivity index (χ1n) is 6.96. The quantitative estimate of drug-likeness (QED) is 0.767. The molecule has 0 aliphatic carbocycles. The minimum Gasteiger partial charge on any atom is -0.491 e. The van der Waals surface area contributed by atoms with Gasteiger partial charge in [-0.05, 0) is 44.2 Å². The second-order valence-electron chi connectivity index (χ2n) is 5.08. The van der Waals surface area contributed by atoms with Crippen molar-refractivity contribution >= 4 is 23.4 Å². The minimum atomic E-state index is -0.0689. The summed E-state index contributed by atoms with van der Waals surface area (Å²) in [6, 6.07) is 15.7. The molecule has 0 saturated carbocycles. The molecule has 0 saturated heterocycles. The van der Waals surface area contributed by atoms with Crippen LogP contribution in [0.4, 0.5) is 0 Å². The van der Waals surface area contributed by atoms with Crippen molar-refractivity contribution in [1.82, 2.24) is 0 Å². The van der Waals surface area contributed by atoms with Crippen LogP contribution >= 0.6 is 23.4 Å². The molecule has 0 spiro atoms. The van der Waals surface area contributed by atoms with Crippen molar-refractivity contribution in [3.05, 3.63) is 59.1 Å². The average Bonchev–Trinajstić information content (AvgIpc) is 2.46. The van der Waals surface area contributed by atoms with E-state index in [9.17, 15) is 0 Å². The van der Waals surface area contributed by atoms with Crippen LogP contribution in [0.5, 0.6) is 5.75 Å². The van der Waals surface area contributed by atoms with Crippen molar-refractivity contribution in [3.63, 3.8) is 0 Å². The van der Waals surface area contributed by atoms with Gasteiger partial charge in [0.15, 0.2) is 0 Å². The van der Waals surface area contributed by atoms with Gasteiger partial charge in [-0.25, -0.2) is 0 Å². The van der Waals surface area contributed by atoms with Gasteiger partial charge in [0.1, 0.15) is 5.75 Å². The summed E-state index contributed by atoms with van der Waals surface area (Å²) in [6.45, 7) is 4.04. The maximum absolute atomic E-state index is 6.32. The van der Waals surface area contributed by atoms with E-state index in [1.807, 2.05) is 62.4 Å². The minimum absolute atomic E-state index is 0.0689. The molecule has 0 aliphatic heterocycles. The van der Waals surface area contributed by atoms with Crippen LogP contribution in [0.1, 0.15) is 25.5 Å². The first-order chi connectivity index (χ1) is 10.1. The molecule has 0 aliphatic rings. The lowest BCUT2D eigenvalue weighted by atomic mass is 10.1. The van der Waals surface area contributed by atoms with E-state index in [2.05, 4.69) is 0 Å². The van der Waals surface area contributed by atoms with Crippen molar-refractivity contribution in [2.45, 2.75) is 30.9 Å². The Balaban J connectivity index is 2.03. The van der Waals surface area contributed by atoms with Crippen LogP contribution < -0.4 is 10.5 Å². The Bertz CT molecular complexity index is 571. The van der Waals surface area contributed by atoms with Gasteiger partial charge in [0.25, 0.3) is 0 Å². The molecule has 0 fully saturated rings.